The van der Waals surface area contributed by atoms with Gasteiger partial charge >= 0.3 is 0 Å². The van der Waals surface area contributed by atoms with Crippen LogP contribution in [0.15, 0.2) is 29.9 Å². The zero-order valence-electron chi connectivity index (χ0n) is 16.1. The number of anilines is 2. The number of nitrogens with one attached hydrogen (secondary N) is 1. The first-order valence-corrected chi connectivity index (χ1v) is 11.3. The quantitative estimate of drug-likeness (QED) is 0.425. The number of fused-ring (bicyclic) bond motifs is 2. The third-order valence-electron chi connectivity index (χ3n) is 5.90. The molecule has 29 heavy (non-hydrogen) atoms. The van der Waals surface area contributed by atoms with Crippen LogP contribution in [0.4, 0.5) is 20.2 Å². The van der Waals surface area contributed by atoms with Crippen molar-refractivity contribution < 1.29 is 8.78 Å². The van der Waals surface area contributed by atoms with Crippen molar-refractivity contribution in [1.29, 1.82) is 0 Å². The summed E-state index contributed by atoms with van der Waals surface area (Å²) in [4.78, 5) is 12.7. The van der Waals surface area contributed by atoms with Gasteiger partial charge in [0.2, 0.25) is 0 Å². The van der Waals surface area contributed by atoms with Crippen molar-refractivity contribution in [3.8, 4) is 0 Å². The molecule has 4 heterocycles. The molecule has 5 rings (SSSR count). The van der Waals surface area contributed by atoms with Crippen molar-refractivity contribution in [3.05, 3.63) is 46.4 Å². The molecule has 4 aromatic rings. The van der Waals surface area contributed by atoms with E-state index in [1.165, 1.54) is 22.4 Å². The number of rotatable bonds is 3. The van der Waals surface area contributed by atoms with Crippen LogP contribution in [0.2, 0.25) is 0 Å². The molecule has 4 nitrogen and oxygen atoms in total. The second-order valence-corrected chi connectivity index (χ2v) is 9.52. The molecule has 1 saturated heterocycles. The highest BCUT2D eigenvalue weighted by Gasteiger charge is 2.29. The predicted octanol–water partition coefficient (Wildman–Crippen LogP) is 6.13. The van der Waals surface area contributed by atoms with Crippen LogP contribution >= 0.6 is 22.7 Å². The largest absolute Gasteiger partial charge is 0.350 e. The molecule has 150 valence electrons. The van der Waals surface area contributed by atoms with E-state index in [-0.39, 0.29) is 11.4 Å². The van der Waals surface area contributed by atoms with Gasteiger partial charge < -0.3 is 10.2 Å². The number of halogens is 2. The smallest absolute Gasteiger partial charge is 0.173 e. The number of nitrogens with zero attached hydrogens (tertiary/aromatic N) is 3. The first kappa shape index (κ1) is 18.8. The van der Waals surface area contributed by atoms with Crippen molar-refractivity contribution in [3.63, 3.8) is 0 Å². The van der Waals surface area contributed by atoms with Gasteiger partial charge in [0.1, 0.15) is 10.3 Å². The highest BCUT2D eigenvalue weighted by molar-refractivity contribution is 7.18. The van der Waals surface area contributed by atoms with Crippen LogP contribution in [0, 0.1) is 11.6 Å². The molecule has 1 N–H and O–H groups in total. The van der Waals surface area contributed by atoms with E-state index in [1.807, 2.05) is 6.07 Å². The normalized spacial score (nSPS) is 20.6. The number of aromatic nitrogens is 2. The lowest BCUT2D eigenvalue weighted by molar-refractivity contribution is 0.176. The van der Waals surface area contributed by atoms with Crippen LogP contribution < -0.4 is 5.32 Å². The van der Waals surface area contributed by atoms with Crippen LogP contribution in [0.3, 0.4) is 0 Å². The van der Waals surface area contributed by atoms with E-state index in [1.54, 1.807) is 29.0 Å². The lowest BCUT2D eigenvalue weighted by atomic mass is 9.89. The van der Waals surface area contributed by atoms with E-state index < -0.39 is 11.6 Å². The second-order valence-electron chi connectivity index (χ2n) is 7.57. The van der Waals surface area contributed by atoms with Crippen molar-refractivity contribution in [2.24, 2.45) is 0 Å². The van der Waals surface area contributed by atoms with Crippen LogP contribution in [-0.2, 0) is 0 Å². The van der Waals surface area contributed by atoms with Gasteiger partial charge in [-0.25, -0.2) is 18.7 Å². The van der Waals surface area contributed by atoms with Crippen molar-refractivity contribution in [1.82, 2.24) is 14.9 Å². The fourth-order valence-corrected chi connectivity index (χ4v) is 6.03. The topological polar surface area (TPSA) is 41.1 Å². The Morgan fingerprint density at radius 3 is 2.97 bits per heavy atom. The fraction of sp³-hybridized carbons (Fsp3) is 0.333. The molecule has 0 aliphatic carbocycles. The number of hydrogen-bond donors (Lipinski definition) is 1. The first-order chi connectivity index (χ1) is 14.0. The van der Waals surface area contributed by atoms with Gasteiger partial charge in [-0.1, -0.05) is 0 Å². The van der Waals surface area contributed by atoms with Crippen LogP contribution in [0.25, 0.3) is 20.4 Å². The molecular formula is C21H20F2N4S2. The SMILES string of the molecule is C[C@H]1[C@@H](c2cc3c(Nc4ccc5scnc5c4F)c(F)cnc3s2)CCCN1C. The first-order valence-electron chi connectivity index (χ1n) is 9.60. The third kappa shape index (κ3) is 3.19. The molecule has 0 amide bonds. The maximum Gasteiger partial charge on any atom is 0.173 e. The lowest BCUT2D eigenvalue weighted by Gasteiger charge is -2.36. The lowest BCUT2D eigenvalue weighted by Crippen LogP contribution is -2.38. The Hall–Kier alpha value is -2.16. The molecule has 0 spiro atoms. The van der Waals surface area contributed by atoms with Crippen LogP contribution in [-0.4, -0.2) is 34.5 Å². The number of likely N-dealkylation sites (N-methyl/N-ethyl adjacent to an activating group) is 1. The van der Waals surface area contributed by atoms with E-state index in [0.717, 1.165) is 28.9 Å². The summed E-state index contributed by atoms with van der Waals surface area (Å²) in [6, 6.07) is 5.88. The van der Waals surface area contributed by atoms with E-state index >= 15 is 0 Å². The average Bonchev–Trinajstić information content (AvgIpc) is 3.35. The molecule has 3 aromatic heterocycles. The van der Waals surface area contributed by atoms with E-state index in [4.69, 9.17) is 0 Å². The van der Waals surface area contributed by atoms with E-state index in [9.17, 15) is 8.78 Å². The van der Waals surface area contributed by atoms with Gasteiger partial charge in [-0.3, -0.25) is 0 Å². The van der Waals surface area contributed by atoms with Gasteiger partial charge in [0, 0.05) is 22.2 Å². The van der Waals surface area contributed by atoms with Gasteiger partial charge in [-0.05, 0) is 51.6 Å². The second kappa shape index (κ2) is 7.27. The van der Waals surface area contributed by atoms with Crippen molar-refractivity contribution >= 4 is 54.5 Å². The number of likely N-dealkylation sites (tertiary alicyclic amines) is 1. The zero-order valence-corrected chi connectivity index (χ0v) is 17.7. The number of hydrogen-bond acceptors (Lipinski definition) is 6. The molecule has 8 heteroatoms. The summed E-state index contributed by atoms with van der Waals surface area (Å²) in [5.74, 6) is -0.563. The number of thiazole rings is 1. The maximum absolute atomic E-state index is 14.9. The number of pyridine rings is 1. The molecule has 2 atom stereocenters. The molecule has 1 aliphatic rings. The maximum atomic E-state index is 14.9. The Balaban J connectivity index is 1.57. The van der Waals surface area contributed by atoms with Crippen molar-refractivity contribution in [2.75, 3.05) is 18.9 Å². The minimum atomic E-state index is -0.492. The Morgan fingerprint density at radius 2 is 2.10 bits per heavy atom. The Labute approximate surface area is 175 Å². The summed E-state index contributed by atoms with van der Waals surface area (Å²) in [6.07, 6.45) is 3.46. The fourth-order valence-electron chi connectivity index (χ4n) is 4.12. The minimum absolute atomic E-state index is 0.216. The van der Waals surface area contributed by atoms with Crippen molar-refractivity contribution in [2.45, 2.75) is 31.7 Å². The molecule has 1 fully saturated rings. The Morgan fingerprint density at radius 1 is 1.24 bits per heavy atom. The highest BCUT2D eigenvalue weighted by Crippen LogP contribution is 2.41. The Kier molecular flexibility index (Phi) is 4.72. The number of piperidine rings is 1. The zero-order chi connectivity index (χ0) is 20.1. The summed E-state index contributed by atoms with van der Waals surface area (Å²) in [6.45, 7) is 3.33. The van der Waals surface area contributed by atoms with Crippen LogP contribution in [0.5, 0.6) is 0 Å². The average molecular weight is 431 g/mol. The summed E-state index contributed by atoms with van der Waals surface area (Å²) in [5.41, 5.74) is 2.39. The summed E-state index contributed by atoms with van der Waals surface area (Å²) in [7, 11) is 2.15. The summed E-state index contributed by atoms with van der Waals surface area (Å²) >= 11 is 2.98. The monoisotopic (exact) mass is 430 g/mol. The Bertz CT molecular complexity index is 1200. The van der Waals surface area contributed by atoms with Gasteiger partial charge in [0.15, 0.2) is 11.6 Å². The highest BCUT2D eigenvalue weighted by atomic mass is 32.1. The molecule has 0 bridgehead atoms. The van der Waals surface area contributed by atoms with Gasteiger partial charge in [0.05, 0.1) is 27.8 Å². The summed E-state index contributed by atoms with van der Waals surface area (Å²) in [5, 5.41) is 3.67. The predicted molar refractivity (Wildman–Crippen MR) is 117 cm³/mol. The van der Waals surface area contributed by atoms with Gasteiger partial charge in [-0.15, -0.1) is 22.7 Å². The van der Waals surface area contributed by atoms with Gasteiger partial charge in [0.25, 0.3) is 0 Å². The molecule has 0 radical (unpaired) electrons. The van der Waals surface area contributed by atoms with Gasteiger partial charge in [-0.2, -0.15) is 0 Å². The van der Waals surface area contributed by atoms with Crippen LogP contribution in [0.1, 0.15) is 30.6 Å². The standard InChI is InChI=1S/C21H20F2N4S2/c1-11-12(4-3-7-27(11)2)17-8-13-19(14(22)9-24-21(13)29-17)26-15-5-6-16-20(18(15)23)25-10-28-16/h5-6,8-12H,3-4,7H2,1-2H3,(H,24,26)/t11-,12-/m0/s1. The van der Waals surface area contributed by atoms with E-state index in [2.05, 4.69) is 34.2 Å². The minimum Gasteiger partial charge on any atom is -0.350 e. The van der Waals surface area contributed by atoms with E-state index in [0.29, 0.717) is 22.9 Å². The number of thiophene rings is 1. The third-order valence-corrected chi connectivity index (χ3v) is 7.87. The molecule has 1 aromatic carbocycles. The summed E-state index contributed by atoms with van der Waals surface area (Å²) < 4.78 is 30.3. The molecular weight excluding hydrogens is 410 g/mol. The number of benzene rings is 1. The molecule has 1 aliphatic heterocycles. The molecule has 0 saturated carbocycles. The molecule has 0 unspecified atom stereocenters.